The van der Waals surface area contributed by atoms with Gasteiger partial charge in [-0.3, -0.25) is 9.48 Å². The zero-order valence-electron chi connectivity index (χ0n) is 14.7. The second-order valence-electron chi connectivity index (χ2n) is 6.06. The molecule has 0 aliphatic heterocycles. The first-order valence-electron chi connectivity index (χ1n) is 8.26. The van der Waals surface area contributed by atoms with Crippen LogP contribution in [0.2, 0.25) is 5.02 Å². The summed E-state index contributed by atoms with van der Waals surface area (Å²) in [6.07, 6.45) is 1.85. The highest BCUT2D eigenvalue weighted by molar-refractivity contribution is 6.30. The Labute approximate surface area is 157 Å². The Morgan fingerprint density at radius 2 is 2.08 bits per heavy atom. The number of amides is 1. The SMILES string of the molecule is Cc1cc(Cl)ccc1OCc1cccc(C(=O)NCc2ccn(C)n2)c1. The van der Waals surface area contributed by atoms with Gasteiger partial charge in [-0.15, -0.1) is 0 Å². The van der Waals surface area contributed by atoms with Crippen LogP contribution < -0.4 is 10.1 Å². The third-order valence-corrected chi connectivity index (χ3v) is 4.15. The van der Waals surface area contributed by atoms with E-state index in [1.54, 1.807) is 16.8 Å². The van der Waals surface area contributed by atoms with Gasteiger partial charge in [-0.05, 0) is 54.4 Å². The number of halogens is 1. The lowest BCUT2D eigenvalue weighted by Crippen LogP contribution is -2.23. The predicted octanol–water partition coefficient (Wildman–Crippen LogP) is 3.89. The number of rotatable bonds is 6. The standard InChI is InChI=1S/C20H20ClN3O2/c1-14-10-17(21)6-7-19(14)26-13-15-4-3-5-16(11-15)20(25)22-12-18-8-9-24(2)23-18/h3-11H,12-13H2,1-2H3,(H,22,25). The third-order valence-electron chi connectivity index (χ3n) is 3.92. The van der Waals surface area contributed by atoms with Crippen LogP contribution in [0.1, 0.15) is 27.2 Å². The second-order valence-corrected chi connectivity index (χ2v) is 6.50. The molecule has 0 saturated carbocycles. The molecule has 0 unspecified atom stereocenters. The van der Waals surface area contributed by atoms with Gasteiger partial charge in [-0.1, -0.05) is 23.7 Å². The molecule has 0 aliphatic rings. The maximum atomic E-state index is 12.3. The van der Waals surface area contributed by atoms with E-state index in [9.17, 15) is 4.79 Å². The van der Waals surface area contributed by atoms with Crippen LogP contribution in [0.15, 0.2) is 54.7 Å². The second kappa shape index (κ2) is 8.06. The van der Waals surface area contributed by atoms with E-state index in [1.807, 2.05) is 56.6 Å². The summed E-state index contributed by atoms with van der Waals surface area (Å²) >= 11 is 5.96. The number of aromatic nitrogens is 2. The number of nitrogens with one attached hydrogen (secondary N) is 1. The Hall–Kier alpha value is -2.79. The first kappa shape index (κ1) is 18.0. The van der Waals surface area contributed by atoms with Crippen molar-refractivity contribution in [3.63, 3.8) is 0 Å². The van der Waals surface area contributed by atoms with Gasteiger partial charge in [0.05, 0.1) is 12.2 Å². The van der Waals surface area contributed by atoms with E-state index in [0.717, 1.165) is 22.6 Å². The molecule has 0 fully saturated rings. The molecule has 5 nitrogen and oxygen atoms in total. The lowest BCUT2D eigenvalue weighted by atomic mass is 10.1. The Morgan fingerprint density at radius 1 is 1.23 bits per heavy atom. The van der Waals surface area contributed by atoms with Crippen molar-refractivity contribution in [2.75, 3.05) is 0 Å². The molecule has 1 heterocycles. The fourth-order valence-electron chi connectivity index (χ4n) is 2.57. The highest BCUT2D eigenvalue weighted by Gasteiger charge is 2.08. The van der Waals surface area contributed by atoms with Gasteiger partial charge in [0, 0.05) is 23.8 Å². The molecule has 3 aromatic rings. The molecule has 0 bridgehead atoms. The first-order chi connectivity index (χ1) is 12.5. The number of aryl methyl sites for hydroxylation is 2. The number of ether oxygens (including phenoxy) is 1. The van der Waals surface area contributed by atoms with Gasteiger partial charge < -0.3 is 10.1 Å². The number of benzene rings is 2. The molecular weight excluding hydrogens is 350 g/mol. The molecule has 1 N–H and O–H groups in total. The van der Waals surface area contributed by atoms with Crippen molar-refractivity contribution in [2.45, 2.75) is 20.1 Å². The van der Waals surface area contributed by atoms with E-state index >= 15 is 0 Å². The molecule has 1 amide bonds. The Bertz CT molecular complexity index is 921. The van der Waals surface area contributed by atoms with Gasteiger partial charge in [0.2, 0.25) is 0 Å². The van der Waals surface area contributed by atoms with Gasteiger partial charge in [0.25, 0.3) is 5.91 Å². The van der Waals surface area contributed by atoms with E-state index in [-0.39, 0.29) is 5.91 Å². The number of hydrogen-bond donors (Lipinski definition) is 1. The number of carbonyl (C=O) groups is 1. The third kappa shape index (κ3) is 4.64. The van der Waals surface area contributed by atoms with Crippen molar-refractivity contribution < 1.29 is 9.53 Å². The minimum atomic E-state index is -0.139. The first-order valence-corrected chi connectivity index (χ1v) is 8.63. The molecule has 0 radical (unpaired) electrons. The molecule has 0 atom stereocenters. The summed E-state index contributed by atoms with van der Waals surface area (Å²) in [5.41, 5.74) is 3.31. The highest BCUT2D eigenvalue weighted by atomic mass is 35.5. The summed E-state index contributed by atoms with van der Waals surface area (Å²) in [6.45, 7) is 2.72. The van der Waals surface area contributed by atoms with Gasteiger partial charge in [0.15, 0.2) is 0 Å². The van der Waals surface area contributed by atoms with E-state index in [1.165, 1.54) is 0 Å². The quantitative estimate of drug-likeness (QED) is 0.717. The van der Waals surface area contributed by atoms with E-state index in [4.69, 9.17) is 16.3 Å². The lowest BCUT2D eigenvalue weighted by molar-refractivity contribution is 0.0950. The van der Waals surface area contributed by atoms with Gasteiger partial charge in [0.1, 0.15) is 12.4 Å². The van der Waals surface area contributed by atoms with Crippen LogP contribution in [-0.4, -0.2) is 15.7 Å². The summed E-state index contributed by atoms with van der Waals surface area (Å²) < 4.78 is 7.55. The summed E-state index contributed by atoms with van der Waals surface area (Å²) in [6, 6.07) is 14.8. The molecule has 1 aromatic heterocycles. The van der Waals surface area contributed by atoms with Crippen molar-refractivity contribution in [2.24, 2.45) is 7.05 Å². The molecule has 0 saturated heterocycles. The highest BCUT2D eigenvalue weighted by Crippen LogP contribution is 2.22. The molecule has 6 heteroatoms. The normalized spacial score (nSPS) is 10.6. The lowest BCUT2D eigenvalue weighted by Gasteiger charge is -2.10. The number of carbonyl (C=O) groups excluding carboxylic acids is 1. The molecule has 2 aromatic carbocycles. The van der Waals surface area contributed by atoms with Crippen LogP contribution in [0.3, 0.4) is 0 Å². The van der Waals surface area contributed by atoms with E-state index in [0.29, 0.717) is 23.7 Å². The van der Waals surface area contributed by atoms with Crippen LogP contribution in [0, 0.1) is 6.92 Å². The van der Waals surface area contributed by atoms with Gasteiger partial charge in [-0.25, -0.2) is 0 Å². The topological polar surface area (TPSA) is 56.1 Å². The van der Waals surface area contributed by atoms with Crippen LogP contribution in [0.25, 0.3) is 0 Å². The summed E-state index contributed by atoms with van der Waals surface area (Å²) in [5.74, 6) is 0.639. The van der Waals surface area contributed by atoms with Crippen molar-refractivity contribution in [3.8, 4) is 5.75 Å². The molecular formula is C20H20ClN3O2. The van der Waals surface area contributed by atoms with Crippen LogP contribution in [0.5, 0.6) is 5.75 Å². The Kier molecular flexibility index (Phi) is 5.58. The molecule has 134 valence electrons. The summed E-state index contributed by atoms with van der Waals surface area (Å²) in [5, 5.41) is 7.80. The molecule has 0 spiro atoms. The maximum Gasteiger partial charge on any atom is 0.251 e. The van der Waals surface area contributed by atoms with E-state index in [2.05, 4.69) is 10.4 Å². The molecule has 26 heavy (non-hydrogen) atoms. The zero-order chi connectivity index (χ0) is 18.5. The van der Waals surface area contributed by atoms with Crippen LogP contribution >= 0.6 is 11.6 Å². The van der Waals surface area contributed by atoms with Crippen molar-refractivity contribution in [1.82, 2.24) is 15.1 Å². The predicted molar refractivity (Wildman–Crippen MR) is 101 cm³/mol. The average Bonchev–Trinajstić information content (AvgIpc) is 3.04. The number of hydrogen-bond acceptors (Lipinski definition) is 3. The Morgan fingerprint density at radius 3 is 2.81 bits per heavy atom. The monoisotopic (exact) mass is 369 g/mol. The summed E-state index contributed by atoms with van der Waals surface area (Å²) in [7, 11) is 1.84. The van der Waals surface area contributed by atoms with Gasteiger partial charge in [-0.2, -0.15) is 5.10 Å². The summed E-state index contributed by atoms with van der Waals surface area (Å²) in [4.78, 5) is 12.3. The number of nitrogens with zero attached hydrogens (tertiary/aromatic N) is 2. The van der Waals surface area contributed by atoms with Crippen molar-refractivity contribution in [1.29, 1.82) is 0 Å². The minimum Gasteiger partial charge on any atom is -0.489 e. The van der Waals surface area contributed by atoms with Crippen molar-refractivity contribution in [3.05, 3.63) is 82.1 Å². The fraction of sp³-hybridized carbons (Fsp3) is 0.200. The fourth-order valence-corrected chi connectivity index (χ4v) is 2.80. The zero-order valence-corrected chi connectivity index (χ0v) is 15.5. The van der Waals surface area contributed by atoms with Crippen molar-refractivity contribution >= 4 is 17.5 Å². The molecule has 0 aliphatic carbocycles. The van der Waals surface area contributed by atoms with Crippen LogP contribution in [-0.2, 0) is 20.2 Å². The average molecular weight is 370 g/mol. The largest absolute Gasteiger partial charge is 0.489 e. The molecule has 3 rings (SSSR count). The minimum absolute atomic E-state index is 0.139. The van der Waals surface area contributed by atoms with Gasteiger partial charge >= 0.3 is 0 Å². The Balaban J connectivity index is 1.61. The maximum absolute atomic E-state index is 12.3. The van der Waals surface area contributed by atoms with Crippen LogP contribution in [0.4, 0.5) is 0 Å². The smallest absolute Gasteiger partial charge is 0.251 e. The van der Waals surface area contributed by atoms with E-state index < -0.39 is 0 Å².